The van der Waals surface area contributed by atoms with Crippen LogP contribution in [0.1, 0.15) is 22.3 Å². The lowest BCUT2D eigenvalue weighted by Crippen LogP contribution is -2.03. The quantitative estimate of drug-likeness (QED) is 0.726. The van der Waals surface area contributed by atoms with Crippen molar-refractivity contribution in [2.45, 2.75) is 12.8 Å². The van der Waals surface area contributed by atoms with Crippen LogP contribution in [0.25, 0.3) is 0 Å². The largest absolute Gasteiger partial charge is 0.494 e. The summed E-state index contributed by atoms with van der Waals surface area (Å²) < 4.78 is 18.4. The Morgan fingerprint density at radius 3 is 2.67 bits per heavy atom. The number of benzene rings is 2. The zero-order chi connectivity index (χ0) is 15.4. The SMILES string of the molecule is COc1ccc(C(=O)CCc2cccc(Cl)c2Cl)cc1F. The summed E-state index contributed by atoms with van der Waals surface area (Å²) in [5, 5.41) is 0.907. The minimum Gasteiger partial charge on any atom is -0.494 e. The van der Waals surface area contributed by atoms with Gasteiger partial charge in [-0.3, -0.25) is 4.79 Å². The van der Waals surface area contributed by atoms with Gasteiger partial charge in [0.25, 0.3) is 0 Å². The van der Waals surface area contributed by atoms with Gasteiger partial charge in [0.2, 0.25) is 0 Å². The summed E-state index contributed by atoms with van der Waals surface area (Å²) in [4.78, 5) is 12.1. The Morgan fingerprint density at radius 2 is 2.00 bits per heavy atom. The Balaban J connectivity index is 2.08. The van der Waals surface area contributed by atoms with Gasteiger partial charge in [0.1, 0.15) is 0 Å². The van der Waals surface area contributed by atoms with Crippen molar-refractivity contribution in [3.8, 4) is 5.75 Å². The number of hydrogen-bond donors (Lipinski definition) is 0. The Hall–Kier alpha value is -1.58. The van der Waals surface area contributed by atoms with Crippen LogP contribution < -0.4 is 4.74 Å². The first-order valence-corrected chi connectivity index (χ1v) is 7.08. The molecule has 0 aliphatic heterocycles. The highest BCUT2D eigenvalue weighted by Gasteiger charge is 2.12. The predicted octanol–water partition coefficient (Wildman–Crippen LogP) is 4.96. The van der Waals surface area contributed by atoms with Crippen LogP contribution in [0.3, 0.4) is 0 Å². The van der Waals surface area contributed by atoms with Crippen molar-refractivity contribution in [3.05, 3.63) is 63.4 Å². The van der Waals surface area contributed by atoms with E-state index in [1.165, 1.54) is 19.2 Å². The average molecular weight is 327 g/mol. The summed E-state index contributed by atoms with van der Waals surface area (Å²) in [6.07, 6.45) is 0.678. The molecule has 0 aromatic heterocycles. The maximum atomic E-state index is 13.6. The Labute approximate surface area is 132 Å². The van der Waals surface area contributed by atoms with E-state index >= 15 is 0 Å². The number of carbonyl (C=O) groups is 1. The first-order valence-electron chi connectivity index (χ1n) is 6.32. The van der Waals surface area contributed by atoms with E-state index in [4.69, 9.17) is 27.9 Å². The number of rotatable bonds is 5. The van der Waals surface area contributed by atoms with Crippen molar-refractivity contribution in [1.82, 2.24) is 0 Å². The van der Waals surface area contributed by atoms with Crippen LogP contribution in [0.15, 0.2) is 36.4 Å². The fraction of sp³-hybridized carbons (Fsp3) is 0.188. The number of aryl methyl sites for hydroxylation is 1. The number of methoxy groups -OCH3 is 1. The van der Waals surface area contributed by atoms with Crippen LogP contribution in [-0.2, 0) is 6.42 Å². The second-order valence-corrected chi connectivity index (χ2v) is 5.27. The lowest BCUT2D eigenvalue weighted by Gasteiger charge is -2.07. The third kappa shape index (κ3) is 3.74. The number of carbonyl (C=O) groups excluding carboxylic acids is 1. The Kier molecular flexibility index (Phi) is 5.21. The van der Waals surface area contributed by atoms with Gasteiger partial charge in [-0.25, -0.2) is 4.39 Å². The highest BCUT2D eigenvalue weighted by atomic mass is 35.5. The van der Waals surface area contributed by atoms with Gasteiger partial charge in [-0.05, 0) is 36.2 Å². The molecule has 0 aliphatic rings. The van der Waals surface area contributed by atoms with E-state index in [1.54, 1.807) is 18.2 Å². The summed E-state index contributed by atoms with van der Waals surface area (Å²) in [6, 6.07) is 9.45. The highest BCUT2D eigenvalue weighted by Crippen LogP contribution is 2.27. The van der Waals surface area contributed by atoms with Crippen molar-refractivity contribution in [2.75, 3.05) is 7.11 Å². The summed E-state index contributed by atoms with van der Waals surface area (Å²) in [6.45, 7) is 0. The lowest BCUT2D eigenvalue weighted by molar-refractivity contribution is 0.0982. The molecule has 0 N–H and O–H groups in total. The molecule has 0 fully saturated rings. The number of Topliss-reactive ketones (excluding diaryl/α,β-unsaturated/α-hetero) is 1. The molecule has 0 bridgehead atoms. The minimum atomic E-state index is -0.552. The maximum absolute atomic E-state index is 13.6. The van der Waals surface area contributed by atoms with Crippen molar-refractivity contribution in [2.24, 2.45) is 0 Å². The van der Waals surface area contributed by atoms with Crippen LogP contribution in [0.5, 0.6) is 5.75 Å². The van der Waals surface area contributed by atoms with Crippen molar-refractivity contribution < 1.29 is 13.9 Å². The second-order valence-electron chi connectivity index (χ2n) is 4.49. The molecule has 0 spiro atoms. The third-order valence-corrected chi connectivity index (χ3v) is 3.98. The van der Waals surface area contributed by atoms with Crippen LogP contribution in [0, 0.1) is 5.82 Å². The molecule has 0 aliphatic carbocycles. The van der Waals surface area contributed by atoms with Crippen molar-refractivity contribution in [1.29, 1.82) is 0 Å². The molecule has 0 saturated carbocycles. The van der Waals surface area contributed by atoms with Gasteiger partial charge in [0, 0.05) is 12.0 Å². The van der Waals surface area contributed by atoms with Crippen LogP contribution >= 0.6 is 23.2 Å². The summed E-state index contributed by atoms with van der Waals surface area (Å²) in [5.74, 6) is -0.596. The van der Waals surface area contributed by atoms with Gasteiger partial charge < -0.3 is 4.74 Å². The van der Waals surface area contributed by atoms with Crippen molar-refractivity contribution in [3.63, 3.8) is 0 Å². The van der Waals surface area contributed by atoms with E-state index in [2.05, 4.69) is 0 Å². The first-order chi connectivity index (χ1) is 10.0. The second kappa shape index (κ2) is 6.92. The van der Waals surface area contributed by atoms with E-state index < -0.39 is 5.82 Å². The number of hydrogen-bond acceptors (Lipinski definition) is 2. The molecule has 110 valence electrons. The zero-order valence-electron chi connectivity index (χ0n) is 11.3. The molecule has 2 aromatic rings. The molecule has 0 unspecified atom stereocenters. The standard InChI is InChI=1S/C16H13Cl2FO2/c1-21-15-8-6-11(9-13(15)19)14(20)7-5-10-3-2-4-12(17)16(10)18/h2-4,6,8-9H,5,7H2,1H3. The van der Waals surface area contributed by atoms with Gasteiger partial charge in [0.15, 0.2) is 17.3 Å². The van der Waals surface area contributed by atoms with E-state index in [1.807, 2.05) is 6.07 Å². The fourth-order valence-corrected chi connectivity index (χ4v) is 2.39. The highest BCUT2D eigenvalue weighted by molar-refractivity contribution is 6.42. The van der Waals surface area contributed by atoms with Gasteiger partial charge in [-0.2, -0.15) is 0 Å². The Bertz CT molecular complexity index is 671. The molecular formula is C16H13Cl2FO2. The first kappa shape index (κ1) is 15.8. The lowest BCUT2D eigenvalue weighted by atomic mass is 10.0. The zero-order valence-corrected chi connectivity index (χ0v) is 12.8. The normalized spacial score (nSPS) is 10.5. The molecule has 0 amide bonds. The van der Waals surface area contributed by atoms with Crippen LogP contribution in [0.4, 0.5) is 4.39 Å². The fourth-order valence-electron chi connectivity index (χ4n) is 1.97. The molecule has 0 radical (unpaired) electrons. The van der Waals surface area contributed by atoms with E-state index in [-0.39, 0.29) is 18.0 Å². The molecule has 2 rings (SSSR count). The van der Waals surface area contributed by atoms with Gasteiger partial charge in [-0.15, -0.1) is 0 Å². The van der Waals surface area contributed by atoms with E-state index in [0.29, 0.717) is 22.0 Å². The summed E-state index contributed by atoms with van der Waals surface area (Å²) >= 11 is 12.0. The smallest absolute Gasteiger partial charge is 0.165 e. The van der Waals surface area contributed by atoms with E-state index in [0.717, 1.165) is 5.56 Å². The molecule has 2 nitrogen and oxygen atoms in total. The summed E-state index contributed by atoms with van der Waals surface area (Å²) in [5.41, 5.74) is 1.11. The topological polar surface area (TPSA) is 26.3 Å². The summed E-state index contributed by atoms with van der Waals surface area (Å²) in [7, 11) is 1.38. The number of halogens is 3. The number of ketones is 1. The minimum absolute atomic E-state index is 0.115. The van der Waals surface area contributed by atoms with Crippen LogP contribution in [0.2, 0.25) is 10.0 Å². The molecular weight excluding hydrogens is 314 g/mol. The molecule has 0 heterocycles. The molecule has 21 heavy (non-hydrogen) atoms. The molecule has 0 atom stereocenters. The Morgan fingerprint density at radius 1 is 1.24 bits per heavy atom. The van der Waals surface area contributed by atoms with Gasteiger partial charge in [0.05, 0.1) is 17.2 Å². The van der Waals surface area contributed by atoms with Gasteiger partial charge >= 0.3 is 0 Å². The van der Waals surface area contributed by atoms with Crippen LogP contribution in [-0.4, -0.2) is 12.9 Å². The maximum Gasteiger partial charge on any atom is 0.165 e. The molecule has 5 heteroatoms. The molecule has 0 saturated heterocycles. The number of ether oxygens (including phenoxy) is 1. The van der Waals surface area contributed by atoms with Gasteiger partial charge in [-0.1, -0.05) is 35.3 Å². The van der Waals surface area contributed by atoms with Crippen molar-refractivity contribution >= 4 is 29.0 Å². The average Bonchev–Trinajstić information content (AvgIpc) is 2.48. The van der Waals surface area contributed by atoms with E-state index in [9.17, 15) is 9.18 Å². The monoisotopic (exact) mass is 326 g/mol. The predicted molar refractivity (Wildman–Crippen MR) is 82.1 cm³/mol. The molecule has 2 aromatic carbocycles. The third-order valence-electron chi connectivity index (χ3n) is 3.13.